The Hall–Kier alpha value is -2.42. The number of nitrogens with one attached hydrogen (secondary N) is 3. The monoisotopic (exact) mass is 367 g/mol. The van der Waals surface area contributed by atoms with Crippen molar-refractivity contribution in [1.29, 1.82) is 0 Å². The van der Waals surface area contributed by atoms with Crippen molar-refractivity contribution in [1.82, 2.24) is 16.2 Å². The first-order valence-electron chi connectivity index (χ1n) is 7.88. The number of sulfone groups is 1. The van der Waals surface area contributed by atoms with Gasteiger partial charge in [-0.1, -0.05) is 30.3 Å². The van der Waals surface area contributed by atoms with Crippen LogP contribution in [0.1, 0.15) is 31.4 Å². The van der Waals surface area contributed by atoms with Crippen molar-refractivity contribution in [3.8, 4) is 0 Å². The molecule has 0 saturated carbocycles. The topological polar surface area (TPSA) is 121 Å². The lowest BCUT2D eigenvalue weighted by Gasteiger charge is -2.18. The Balaban J connectivity index is 1.88. The molecule has 0 spiro atoms. The van der Waals surface area contributed by atoms with Crippen molar-refractivity contribution in [2.45, 2.75) is 25.8 Å². The number of carbonyl (C=O) groups is 3. The van der Waals surface area contributed by atoms with E-state index in [1.165, 1.54) is 6.92 Å². The summed E-state index contributed by atoms with van der Waals surface area (Å²) in [5, 5.41) is 2.69. The van der Waals surface area contributed by atoms with Gasteiger partial charge in [0.15, 0.2) is 9.84 Å². The summed E-state index contributed by atoms with van der Waals surface area (Å²) in [5.74, 6) is -2.15. The Morgan fingerprint density at radius 1 is 1.16 bits per heavy atom. The van der Waals surface area contributed by atoms with Gasteiger partial charge in [-0.15, -0.1) is 0 Å². The van der Waals surface area contributed by atoms with Gasteiger partial charge in [0.05, 0.1) is 29.9 Å². The molecule has 25 heavy (non-hydrogen) atoms. The fourth-order valence-corrected chi connectivity index (χ4v) is 4.40. The fraction of sp³-hybridized carbons (Fsp3) is 0.438. The molecule has 1 saturated heterocycles. The molecule has 1 aliphatic rings. The van der Waals surface area contributed by atoms with Crippen LogP contribution in [0, 0.1) is 5.92 Å². The van der Waals surface area contributed by atoms with Gasteiger partial charge >= 0.3 is 0 Å². The van der Waals surface area contributed by atoms with Crippen LogP contribution in [0.5, 0.6) is 0 Å². The zero-order valence-electron chi connectivity index (χ0n) is 13.8. The van der Waals surface area contributed by atoms with E-state index >= 15 is 0 Å². The molecule has 8 nitrogen and oxygen atoms in total. The van der Waals surface area contributed by atoms with E-state index in [0.29, 0.717) is 0 Å². The number of amides is 3. The third-order valence-corrected chi connectivity index (χ3v) is 5.67. The van der Waals surface area contributed by atoms with Crippen LogP contribution >= 0.6 is 0 Å². The summed E-state index contributed by atoms with van der Waals surface area (Å²) in [4.78, 5) is 35.3. The molecule has 1 aliphatic heterocycles. The zero-order chi connectivity index (χ0) is 18.4. The summed E-state index contributed by atoms with van der Waals surface area (Å²) >= 11 is 0. The SMILES string of the molecule is CC(=O)N[C@@H](CC(=O)NNC(=O)[C@H]1CCS(=O)(=O)C1)c1ccccc1. The molecule has 1 fully saturated rings. The summed E-state index contributed by atoms with van der Waals surface area (Å²) < 4.78 is 22.8. The predicted molar refractivity (Wildman–Crippen MR) is 90.7 cm³/mol. The Bertz CT molecular complexity index is 748. The maximum atomic E-state index is 12.1. The minimum atomic E-state index is -3.17. The largest absolute Gasteiger partial charge is 0.349 e. The van der Waals surface area contributed by atoms with E-state index in [4.69, 9.17) is 0 Å². The fourth-order valence-electron chi connectivity index (χ4n) is 2.65. The first kappa shape index (κ1) is 18.9. The molecule has 0 unspecified atom stereocenters. The molecular weight excluding hydrogens is 346 g/mol. The average molecular weight is 367 g/mol. The van der Waals surface area contributed by atoms with Crippen molar-refractivity contribution in [2.75, 3.05) is 11.5 Å². The zero-order valence-corrected chi connectivity index (χ0v) is 14.6. The lowest BCUT2D eigenvalue weighted by Crippen LogP contribution is -2.46. The summed E-state index contributed by atoms with van der Waals surface area (Å²) in [6.45, 7) is 1.36. The van der Waals surface area contributed by atoms with Crippen LogP contribution < -0.4 is 16.2 Å². The first-order valence-corrected chi connectivity index (χ1v) is 9.70. The first-order chi connectivity index (χ1) is 11.8. The second-order valence-electron chi connectivity index (χ2n) is 6.01. The molecule has 1 aromatic rings. The maximum Gasteiger partial charge on any atom is 0.242 e. The highest BCUT2D eigenvalue weighted by Gasteiger charge is 2.33. The Kier molecular flexibility index (Phi) is 6.13. The highest BCUT2D eigenvalue weighted by atomic mass is 32.2. The molecular formula is C16H21N3O5S. The molecule has 0 radical (unpaired) electrons. The van der Waals surface area contributed by atoms with Gasteiger partial charge < -0.3 is 5.32 Å². The number of hydrogen-bond donors (Lipinski definition) is 3. The van der Waals surface area contributed by atoms with E-state index < -0.39 is 33.6 Å². The molecule has 0 aromatic heterocycles. The minimum absolute atomic E-state index is 0.0162. The standard InChI is InChI=1S/C16H21N3O5S/c1-11(20)17-14(12-5-3-2-4-6-12)9-15(21)18-19-16(22)13-7-8-25(23,24)10-13/h2-6,13-14H,7-10H2,1H3,(H,17,20)(H,18,21)(H,19,22)/t13-,14-/m0/s1. The van der Waals surface area contributed by atoms with Gasteiger partial charge in [-0.25, -0.2) is 8.42 Å². The van der Waals surface area contributed by atoms with E-state index in [0.717, 1.165) is 5.56 Å². The van der Waals surface area contributed by atoms with Gasteiger partial charge in [0.1, 0.15) is 0 Å². The smallest absolute Gasteiger partial charge is 0.242 e. The minimum Gasteiger partial charge on any atom is -0.349 e. The third kappa shape index (κ3) is 5.86. The normalized spacial score (nSPS) is 19.6. The average Bonchev–Trinajstić information content (AvgIpc) is 2.92. The Morgan fingerprint density at radius 3 is 2.40 bits per heavy atom. The lowest BCUT2D eigenvalue weighted by atomic mass is 10.0. The molecule has 1 heterocycles. The van der Waals surface area contributed by atoms with E-state index in [-0.39, 0.29) is 30.3 Å². The molecule has 2 atom stereocenters. The lowest BCUT2D eigenvalue weighted by molar-refractivity contribution is -0.131. The van der Waals surface area contributed by atoms with Gasteiger partial charge in [-0.2, -0.15) is 0 Å². The van der Waals surface area contributed by atoms with Crippen LogP contribution in [0.15, 0.2) is 30.3 Å². The predicted octanol–water partition coefficient (Wildman–Crippen LogP) is -0.164. The van der Waals surface area contributed by atoms with Gasteiger partial charge in [0, 0.05) is 6.92 Å². The number of hydrogen-bond acceptors (Lipinski definition) is 5. The third-order valence-electron chi connectivity index (χ3n) is 3.90. The van der Waals surface area contributed by atoms with Crippen molar-refractivity contribution < 1.29 is 22.8 Å². The summed E-state index contributed by atoms with van der Waals surface area (Å²) in [7, 11) is -3.17. The molecule has 136 valence electrons. The second kappa shape index (κ2) is 8.11. The highest BCUT2D eigenvalue weighted by molar-refractivity contribution is 7.91. The molecule has 3 amide bonds. The molecule has 0 bridgehead atoms. The molecule has 2 rings (SSSR count). The molecule has 1 aromatic carbocycles. The number of hydrazine groups is 1. The van der Waals surface area contributed by atoms with E-state index in [9.17, 15) is 22.8 Å². The van der Waals surface area contributed by atoms with Crippen molar-refractivity contribution >= 4 is 27.6 Å². The Morgan fingerprint density at radius 2 is 1.84 bits per heavy atom. The van der Waals surface area contributed by atoms with Gasteiger partial charge in [-0.3, -0.25) is 25.2 Å². The van der Waals surface area contributed by atoms with Crippen molar-refractivity contribution in [2.24, 2.45) is 5.92 Å². The quantitative estimate of drug-likeness (QED) is 0.624. The van der Waals surface area contributed by atoms with Crippen molar-refractivity contribution in [3.63, 3.8) is 0 Å². The van der Waals surface area contributed by atoms with Crippen LogP contribution in [-0.2, 0) is 24.2 Å². The highest BCUT2D eigenvalue weighted by Crippen LogP contribution is 2.18. The van der Waals surface area contributed by atoms with Crippen molar-refractivity contribution in [3.05, 3.63) is 35.9 Å². The maximum absolute atomic E-state index is 12.1. The summed E-state index contributed by atoms with van der Waals surface area (Å²) in [6, 6.07) is 8.47. The van der Waals surface area contributed by atoms with Gasteiger partial charge in [-0.05, 0) is 12.0 Å². The van der Waals surface area contributed by atoms with E-state index in [2.05, 4.69) is 16.2 Å². The number of carbonyl (C=O) groups excluding carboxylic acids is 3. The van der Waals surface area contributed by atoms with E-state index in [1.807, 2.05) is 6.07 Å². The molecule has 9 heteroatoms. The molecule has 0 aliphatic carbocycles. The number of benzene rings is 1. The van der Waals surface area contributed by atoms with Crippen LogP contribution in [0.3, 0.4) is 0 Å². The summed E-state index contributed by atoms with van der Waals surface area (Å²) in [6.07, 6.45) is 0.190. The summed E-state index contributed by atoms with van der Waals surface area (Å²) in [5.41, 5.74) is 5.30. The van der Waals surface area contributed by atoms with Gasteiger partial charge in [0.2, 0.25) is 17.7 Å². The van der Waals surface area contributed by atoms with Crippen LogP contribution in [-0.4, -0.2) is 37.6 Å². The van der Waals surface area contributed by atoms with Crippen LogP contribution in [0.25, 0.3) is 0 Å². The van der Waals surface area contributed by atoms with Crippen LogP contribution in [0.2, 0.25) is 0 Å². The van der Waals surface area contributed by atoms with E-state index in [1.54, 1.807) is 24.3 Å². The van der Waals surface area contributed by atoms with Crippen LogP contribution in [0.4, 0.5) is 0 Å². The Labute approximate surface area is 146 Å². The van der Waals surface area contributed by atoms with Gasteiger partial charge in [0.25, 0.3) is 0 Å². The number of rotatable bonds is 5. The second-order valence-corrected chi connectivity index (χ2v) is 8.23. The molecule has 3 N–H and O–H groups in total.